The first-order valence-electron chi connectivity index (χ1n) is 9.96. The fourth-order valence-electron chi connectivity index (χ4n) is 3.91. The molecule has 0 saturated carbocycles. The van der Waals surface area contributed by atoms with Crippen LogP contribution in [0.4, 0.5) is 0 Å². The van der Waals surface area contributed by atoms with E-state index in [4.69, 9.17) is 4.74 Å². The van der Waals surface area contributed by atoms with Crippen molar-refractivity contribution in [2.24, 2.45) is 0 Å². The summed E-state index contributed by atoms with van der Waals surface area (Å²) in [5.74, 6) is -0.304. The third kappa shape index (κ3) is 3.97. The third-order valence-electron chi connectivity index (χ3n) is 5.39. The van der Waals surface area contributed by atoms with Gasteiger partial charge in [-0.15, -0.1) is 0 Å². The summed E-state index contributed by atoms with van der Waals surface area (Å²) in [6.45, 7) is 0. The number of esters is 1. The van der Waals surface area contributed by atoms with Gasteiger partial charge >= 0.3 is 181 Å². The van der Waals surface area contributed by atoms with Gasteiger partial charge in [-0.3, -0.25) is 0 Å². The normalized spacial score (nSPS) is 11.1. The van der Waals surface area contributed by atoms with Gasteiger partial charge in [0.05, 0.1) is 0 Å². The summed E-state index contributed by atoms with van der Waals surface area (Å²) in [7, 11) is 1.41. The van der Waals surface area contributed by atoms with Crippen molar-refractivity contribution in [1.29, 1.82) is 0 Å². The summed E-state index contributed by atoms with van der Waals surface area (Å²) in [6.07, 6.45) is 0. The van der Waals surface area contributed by atoms with E-state index in [2.05, 4.69) is 103 Å². The average molecular weight is 455 g/mol. The van der Waals surface area contributed by atoms with Crippen LogP contribution in [0, 0.1) is 0 Å². The fourth-order valence-corrected chi connectivity index (χ4v) is 12.8. The number of ether oxygens (including phenoxy) is 1. The molecule has 0 aliphatic heterocycles. The van der Waals surface area contributed by atoms with Gasteiger partial charge in [0.1, 0.15) is 0 Å². The molecule has 0 atom stereocenters. The first-order valence-corrected chi connectivity index (χ1v) is 14.1. The minimum absolute atomic E-state index is 0.304. The second kappa shape index (κ2) is 9.15. The number of benzene rings is 4. The second-order valence-electron chi connectivity index (χ2n) is 7.16. The molecule has 0 unspecified atom stereocenters. The molecule has 0 spiro atoms. The van der Waals surface area contributed by atoms with Crippen molar-refractivity contribution < 1.29 is 9.53 Å². The van der Waals surface area contributed by atoms with Crippen LogP contribution in [0.25, 0.3) is 0 Å². The summed E-state index contributed by atoms with van der Waals surface area (Å²) in [6, 6.07) is 40.6. The topological polar surface area (TPSA) is 26.3 Å². The van der Waals surface area contributed by atoms with Gasteiger partial charge in [0.2, 0.25) is 0 Å². The van der Waals surface area contributed by atoms with Crippen molar-refractivity contribution in [3.05, 3.63) is 126 Å². The molecule has 148 valence electrons. The molecular formula is C27H24AsO2+. The van der Waals surface area contributed by atoms with E-state index in [0.717, 1.165) is 5.21 Å². The fraction of sp³-hybridized carbons (Fsp3) is 0.0741. The van der Waals surface area contributed by atoms with E-state index in [1.54, 1.807) is 0 Å². The first kappa shape index (κ1) is 20.2. The molecule has 2 nitrogen and oxygen atoms in total. The summed E-state index contributed by atoms with van der Waals surface area (Å²) >= 11 is -2.80. The summed E-state index contributed by atoms with van der Waals surface area (Å²) in [5, 5.41) is 0.942. The zero-order valence-electron chi connectivity index (χ0n) is 16.9. The van der Waals surface area contributed by atoms with E-state index in [1.165, 1.54) is 25.7 Å². The molecule has 3 heteroatoms. The van der Waals surface area contributed by atoms with Crippen molar-refractivity contribution in [3.8, 4) is 0 Å². The van der Waals surface area contributed by atoms with Crippen LogP contribution in [0.5, 0.6) is 0 Å². The molecule has 0 amide bonds. The molecule has 0 bridgehead atoms. The van der Waals surface area contributed by atoms with Gasteiger partial charge in [-0.2, -0.15) is 0 Å². The maximum atomic E-state index is 11.9. The van der Waals surface area contributed by atoms with E-state index in [1.807, 2.05) is 12.1 Å². The molecule has 0 aromatic heterocycles. The zero-order chi connectivity index (χ0) is 20.8. The number of rotatable bonds is 6. The van der Waals surface area contributed by atoms with E-state index >= 15 is 0 Å². The van der Waals surface area contributed by atoms with E-state index in [9.17, 15) is 4.79 Å². The monoisotopic (exact) mass is 455 g/mol. The van der Waals surface area contributed by atoms with Crippen LogP contribution in [0.2, 0.25) is 0 Å². The molecule has 0 fully saturated rings. The Bertz CT molecular complexity index is 995. The zero-order valence-corrected chi connectivity index (χ0v) is 18.8. The van der Waals surface area contributed by atoms with Crippen LogP contribution >= 0.6 is 0 Å². The molecule has 0 aliphatic carbocycles. The number of hydrogen-bond acceptors (Lipinski definition) is 2. The summed E-state index contributed by atoms with van der Waals surface area (Å²) in [5.41, 5.74) is 1.81. The van der Waals surface area contributed by atoms with Crippen LogP contribution in [-0.4, -0.2) is 26.6 Å². The first-order chi connectivity index (χ1) is 14.7. The molecule has 0 radical (unpaired) electrons. The molecule has 30 heavy (non-hydrogen) atoms. The molecular weight excluding hydrogens is 431 g/mol. The second-order valence-corrected chi connectivity index (χ2v) is 14.5. The van der Waals surface area contributed by atoms with Crippen molar-refractivity contribution >= 4 is 32.6 Å². The number of methoxy groups -OCH3 is 1. The van der Waals surface area contributed by atoms with Gasteiger partial charge < -0.3 is 0 Å². The molecule has 0 saturated heterocycles. The van der Waals surface area contributed by atoms with E-state index in [-0.39, 0.29) is 5.97 Å². The van der Waals surface area contributed by atoms with Crippen LogP contribution in [0.1, 0.15) is 15.9 Å². The molecule has 0 N–H and O–H groups in total. The molecule has 4 rings (SSSR count). The van der Waals surface area contributed by atoms with Crippen molar-refractivity contribution in [2.45, 2.75) is 5.21 Å². The SMILES string of the molecule is COC(=O)c1ccc(C[As+](c2ccccc2)(c2ccccc2)c2ccccc2)cc1. The molecule has 0 heterocycles. The summed E-state index contributed by atoms with van der Waals surface area (Å²) in [4.78, 5) is 11.9. The number of carbonyl (C=O) groups is 1. The van der Waals surface area contributed by atoms with Gasteiger partial charge in [0.15, 0.2) is 0 Å². The van der Waals surface area contributed by atoms with Gasteiger partial charge in [0, 0.05) is 0 Å². The predicted octanol–water partition coefficient (Wildman–Crippen LogP) is 3.73. The minimum atomic E-state index is -2.80. The third-order valence-corrected chi connectivity index (χ3v) is 14.6. The van der Waals surface area contributed by atoms with Crippen molar-refractivity contribution in [2.75, 3.05) is 7.11 Å². The van der Waals surface area contributed by atoms with E-state index in [0.29, 0.717) is 5.56 Å². The molecule has 0 aliphatic rings. The van der Waals surface area contributed by atoms with Gasteiger partial charge in [-0.1, -0.05) is 0 Å². The van der Waals surface area contributed by atoms with Gasteiger partial charge in [-0.25, -0.2) is 0 Å². The Balaban J connectivity index is 1.90. The van der Waals surface area contributed by atoms with Crippen LogP contribution in [0.3, 0.4) is 0 Å². The van der Waals surface area contributed by atoms with Crippen LogP contribution in [0.15, 0.2) is 115 Å². The Morgan fingerprint density at radius 2 is 1.03 bits per heavy atom. The Labute approximate surface area is 180 Å². The Morgan fingerprint density at radius 1 is 0.633 bits per heavy atom. The van der Waals surface area contributed by atoms with Crippen molar-refractivity contribution in [3.63, 3.8) is 0 Å². The molecule has 4 aromatic rings. The standard InChI is InChI=1S/C27H24AsO2/c1-30-27(29)23-19-17-22(18-20-23)21-28(24-11-5-2-6-12-24,25-13-7-3-8-14-25)26-15-9-4-10-16-26/h2-20H,21H2,1H3/q+1. The Kier molecular flexibility index (Phi) is 6.16. The summed E-state index contributed by atoms with van der Waals surface area (Å²) < 4.78 is 9.08. The van der Waals surface area contributed by atoms with Gasteiger partial charge in [0.25, 0.3) is 0 Å². The van der Waals surface area contributed by atoms with E-state index < -0.39 is 13.6 Å². The van der Waals surface area contributed by atoms with Gasteiger partial charge in [-0.05, 0) is 0 Å². The average Bonchev–Trinajstić information content (AvgIpc) is 2.84. The molecule has 4 aromatic carbocycles. The Morgan fingerprint density at radius 3 is 1.40 bits per heavy atom. The quantitative estimate of drug-likeness (QED) is 0.327. The predicted molar refractivity (Wildman–Crippen MR) is 125 cm³/mol. The van der Waals surface area contributed by atoms with Crippen molar-refractivity contribution in [1.82, 2.24) is 0 Å². The van der Waals surface area contributed by atoms with Crippen LogP contribution < -0.4 is 13.1 Å². The maximum absolute atomic E-state index is 11.9. The van der Waals surface area contributed by atoms with Crippen LogP contribution in [-0.2, 0) is 9.95 Å². The number of hydrogen-bond donors (Lipinski definition) is 0. The Hall–Kier alpha value is -3.09. The number of carbonyl (C=O) groups excluding carboxylic acids is 1.